The molecule has 1 aliphatic rings. The van der Waals surface area contributed by atoms with E-state index >= 15 is 0 Å². The minimum absolute atomic E-state index is 0.0619. The Bertz CT molecular complexity index is 973. The van der Waals surface area contributed by atoms with Crippen molar-refractivity contribution in [1.29, 1.82) is 5.26 Å². The van der Waals surface area contributed by atoms with E-state index in [9.17, 15) is 14.9 Å². The number of carbonyl (C=O) groups excluding carboxylic acids is 1. The molecule has 0 saturated heterocycles. The van der Waals surface area contributed by atoms with Gasteiger partial charge in [-0.05, 0) is 31.4 Å². The van der Waals surface area contributed by atoms with Crippen LogP contribution in [0.1, 0.15) is 51.9 Å². The molecule has 154 valence electrons. The molecule has 0 N–H and O–H groups in total. The summed E-state index contributed by atoms with van der Waals surface area (Å²) in [7, 11) is 1.73. The third-order valence-electron chi connectivity index (χ3n) is 5.79. The van der Waals surface area contributed by atoms with E-state index in [4.69, 9.17) is 0 Å². The summed E-state index contributed by atoms with van der Waals surface area (Å²) < 4.78 is 1.68. The van der Waals surface area contributed by atoms with Crippen LogP contribution in [0.4, 0.5) is 0 Å². The number of amides is 1. The van der Waals surface area contributed by atoms with Gasteiger partial charge in [0.25, 0.3) is 5.56 Å². The molecule has 1 heterocycles. The van der Waals surface area contributed by atoms with Gasteiger partial charge < -0.3 is 4.90 Å². The van der Waals surface area contributed by atoms with Gasteiger partial charge >= 0.3 is 0 Å². The Morgan fingerprint density at radius 2 is 2.03 bits per heavy atom. The standard InChI is InChI=1S/C22H28N4O2S/c1-3-4-14-26-20(28)17-10-6-7-11-18(17)24-21(26)29-15-19(27)25(2)22(16-23)12-8-5-9-13-22/h6-7,10-11H,3-5,8-9,12-15H2,1-2H3. The summed E-state index contributed by atoms with van der Waals surface area (Å²) >= 11 is 1.29. The number of nitrogens with zero attached hydrogens (tertiary/aromatic N) is 4. The molecule has 1 aliphatic carbocycles. The first kappa shape index (κ1) is 21.4. The zero-order valence-corrected chi connectivity index (χ0v) is 18.0. The monoisotopic (exact) mass is 412 g/mol. The summed E-state index contributed by atoms with van der Waals surface area (Å²) in [4.78, 5) is 32.1. The highest BCUT2D eigenvalue weighted by Crippen LogP contribution is 2.33. The Morgan fingerprint density at radius 3 is 2.72 bits per heavy atom. The average molecular weight is 413 g/mol. The predicted molar refractivity (Wildman–Crippen MR) is 116 cm³/mol. The second-order valence-corrected chi connectivity index (χ2v) is 8.61. The number of nitriles is 1. The summed E-state index contributed by atoms with van der Waals surface area (Å²) in [5, 5.41) is 10.9. The third kappa shape index (κ3) is 4.48. The van der Waals surface area contributed by atoms with Crippen LogP contribution in [0.3, 0.4) is 0 Å². The van der Waals surface area contributed by atoms with Crippen LogP contribution in [0.25, 0.3) is 10.9 Å². The molecule has 0 radical (unpaired) electrons. The first-order valence-electron chi connectivity index (χ1n) is 10.3. The van der Waals surface area contributed by atoms with Gasteiger partial charge in [0.05, 0.1) is 22.7 Å². The van der Waals surface area contributed by atoms with Gasteiger partial charge in [-0.2, -0.15) is 5.26 Å². The van der Waals surface area contributed by atoms with Crippen LogP contribution in [-0.2, 0) is 11.3 Å². The van der Waals surface area contributed by atoms with Crippen molar-refractivity contribution in [2.24, 2.45) is 0 Å². The van der Waals surface area contributed by atoms with Crippen molar-refractivity contribution in [3.63, 3.8) is 0 Å². The molecule has 0 bridgehead atoms. The van der Waals surface area contributed by atoms with Crippen molar-refractivity contribution in [3.05, 3.63) is 34.6 Å². The molecule has 29 heavy (non-hydrogen) atoms. The predicted octanol–water partition coefficient (Wildman–Crippen LogP) is 3.97. The van der Waals surface area contributed by atoms with Gasteiger partial charge in [-0.1, -0.05) is 56.5 Å². The lowest BCUT2D eigenvalue weighted by molar-refractivity contribution is -0.131. The number of thioether (sulfide) groups is 1. The minimum atomic E-state index is -0.700. The number of para-hydroxylation sites is 1. The van der Waals surface area contributed by atoms with Crippen molar-refractivity contribution in [2.75, 3.05) is 12.8 Å². The van der Waals surface area contributed by atoms with Crippen molar-refractivity contribution < 1.29 is 4.79 Å². The van der Waals surface area contributed by atoms with Crippen molar-refractivity contribution in [3.8, 4) is 6.07 Å². The fourth-order valence-electron chi connectivity index (χ4n) is 3.89. The molecule has 1 amide bonds. The van der Waals surface area contributed by atoms with Gasteiger partial charge in [0, 0.05) is 13.6 Å². The van der Waals surface area contributed by atoms with Crippen molar-refractivity contribution >= 4 is 28.6 Å². The Hall–Kier alpha value is -2.33. The van der Waals surface area contributed by atoms with E-state index < -0.39 is 5.54 Å². The van der Waals surface area contributed by atoms with Gasteiger partial charge in [0.15, 0.2) is 5.16 Å². The summed E-state index contributed by atoms with van der Waals surface area (Å²) in [5.41, 5.74) is -0.114. The number of unbranched alkanes of at least 4 members (excludes halogenated alkanes) is 1. The second-order valence-electron chi connectivity index (χ2n) is 7.67. The van der Waals surface area contributed by atoms with Gasteiger partial charge in [-0.25, -0.2) is 4.98 Å². The maximum absolute atomic E-state index is 12.9. The highest BCUT2D eigenvalue weighted by molar-refractivity contribution is 7.99. The average Bonchev–Trinajstić information content (AvgIpc) is 2.77. The molecule has 0 atom stereocenters. The molecule has 7 heteroatoms. The van der Waals surface area contributed by atoms with E-state index in [2.05, 4.69) is 18.0 Å². The Labute approximate surface area is 175 Å². The van der Waals surface area contributed by atoms with Crippen LogP contribution in [0.5, 0.6) is 0 Å². The Balaban J connectivity index is 1.83. The van der Waals surface area contributed by atoms with Crippen LogP contribution in [0.2, 0.25) is 0 Å². The zero-order valence-electron chi connectivity index (χ0n) is 17.2. The van der Waals surface area contributed by atoms with E-state index in [1.165, 1.54) is 11.8 Å². The highest BCUT2D eigenvalue weighted by atomic mass is 32.2. The smallest absolute Gasteiger partial charge is 0.262 e. The van der Waals surface area contributed by atoms with Gasteiger partial charge in [0.2, 0.25) is 5.91 Å². The van der Waals surface area contributed by atoms with Crippen LogP contribution in [-0.4, -0.2) is 38.7 Å². The topological polar surface area (TPSA) is 79.0 Å². The number of carbonyl (C=O) groups is 1. The minimum Gasteiger partial charge on any atom is -0.326 e. The molecule has 0 spiro atoms. The number of fused-ring (bicyclic) bond motifs is 1. The highest BCUT2D eigenvalue weighted by Gasteiger charge is 2.38. The van der Waals surface area contributed by atoms with Gasteiger partial charge in [-0.3, -0.25) is 14.2 Å². The van der Waals surface area contributed by atoms with E-state index in [1.807, 2.05) is 18.2 Å². The van der Waals surface area contributed by atoms with Gasteiger partial charge in [-0.15, -0.1) is 0 Å². The number of rotatable bonds is 7. The fourth-order valence-corrected chi connectivity index (χ4v) is 4.83. The first-order chi connectivity index (χ1) is 14.0. The number of aromatic nitrogens is 2. The molecule has 0 unspecified atom stereocenters. The van der Waals surface area contributed by atoms with Crippen molar-refractivity contribution in [1.82, 2.24) is 14.5 Å². The Morgan fingerprint density at radius 1 is 1.31 bits per heavy atom. The largest absolute Gasteiger partial charge is 0.326 e. The molecule has 3 rings (SSSR count). The SMILES string of the molecule is CCCCn1c(SCC(=O)N(C)C2(C#N)CCCCC2)nc2ccccc2c1=O. The van der Waals surface area contributed by atoms with Crippen LogP contribution in [0, 0.1) is 11.3 Å². The fraction of sp³-hybridized carbons (Fsp3) is 0.545. The molecule has 6 nitrogen and oxygen atoms in total. The molecular formula is C22H28N4O2S. The summed E-state index contributed by atoms with van der Waals surface area (Å²) in [5.74, 6) is 0.0690. The summed E-state index contributed by atoms with van der Waals surface area (Å²) in [6.07, 6.45) is 6.36. The lowest BCUT2D eigenvalue weighted by atomic mass is 9.81. The lowest BCUT2D eigenvalue weighted by Crippen LogP contribution is -2.50. The number of hydrogen-bond acceptors (Lipinski definition) is 5. The first-order valence-corrected chi connectivity index (χ1v) is 11.3. The summed E-state index contributed by atoms with van der Waals surface area (Å²) in [6.45, 7) is 2.66. The van der Waals surface area contributed by atoms with E-state index in [-0.39, 0.29) is 17.2 Å². The van der Waals surface area contributed by atoms with E-state index in [1.54, 1.807) is 22.6 Å². The normalized spacial score (nSPS) is 15.8. The molecule has 0 aliphatic heterocycles. The zero-order chi connectivity index (χ0) is 20.9. The van der Waals surface area contributed by atoms with E-state index in [0.29, 0.717) is 22.6 Å². The van der Waals surface area contributed by atoms with Crippen LogP contribution < -0.4 is 5.56 Å². The maximum atomic E-state index is 12.9. The molecule has 1 fully saturated rings. The second kappa shape index (κ2) is 9.45. The number of benzene rings is 1. The summed E-state index contributed by atoms with van der Waals surface area (Å²) in [6, 6.07) is 9.71. The quantitative estimate of drug-likeness (QED) is 0.508. The molecular weight excluding hydrogens is 384 g/mol. The third-order valence-corrected chi connectivity index (χ3v) is 6.75. The number of hydrogen-bond donors (Lipinski definition) is 0. The van der Waals surface area contributed by atoms with Crippen LogP contribution in [0.15, 0.2) is 34.2 Å². The molecule has 1 aromatic carbocycles. The van der Waals surface area contributed by atoms with Crippen LogP contribution >= 0.6 is 11.8 Å². The molecule has 1 saturated carbocycles. The Kier molecular flexibility index (Phi) is 6.96. The molecule has 2 aromatic rings. The lowest BCUT2D eigenvalue weighted by Gasteiger charge is -2.39. The molecule has 1 aromatic heterocycles. The van der Waals surface area contributed by atoms with E-state index in [0.717, 1.165) is 44.9 Å². The van der Waals surface area contributed by atoms with Crippen molar-refractivity contribution in [2.45, 2.75) is 69.1 Å². The van der Waals surface area contributed by atoms with Gasteiger partial charge in [0.1, 0.15) is 5.54 Å². The maximum Gasteiger partial charge on any atom is 0.262 e.